The van der Waals surface area contributed by atoms with Crippen LogP contribution in [0.3, 0.4) is 0 Å². The van der Waals surface area contributed by atoms with Gasteiger partial charge in [-0.3, -0.25) is 0 Å². The molecule has 0 aliphatic heterocycles. The third kappa shape index (κ3) is 4.60. The average Bonchev–Trinajstić information content (AvgIpc) is 2.38. The van der Waals surface area contributed by atoms with Crippen LogP contribution in [0.4, 0.5) is 0 Å². The predicted octanol–water partition coefficient (Wildman–Crippen LogP) is 3.80. The van der Waals surface area contributed by atoms with Crippen LogP contribution >= 0.6 is 11.6 Å². The minimum atomic E-state index is 0.298. The molecular weight excluding hydrogens is 246 g/mol. The van der Waals surface area contributed by atoms with Gasteiger partial charge in [-0.15, -0.1) is 5.92 Å². The molecule has 18 heavy (non-hydrogen) atoms. The van der Waals surface area contributed by atoms with E-state index < -0.39 is 0 Å². The van der Waals surface area contributed by atoms with Crippen molar-refractivity contribution in [2.75, 3.05) is 13.2 Å². The van der Waals surface area contributed by atoms with Crippen molar-refractivity contribution in [2.24, 2.45) is 0 Å². The fraction of sp³-hybridized carbons (Fsp3) is 0.467. The monoisotopic (exact) mass is 265 g/mol. The maximum atomic E-state index is 6.19. The van der Waals surface area contributed by atoms with Gasteiger partial charge in [0.05, 0.1) is 5.02 Å². The van der Waals surface area contributed by atoms with Crippen molar-refractivity contribution in [1.29, 1.82) is 0 Å². The second kappa shape index (κ2) is 8.02. The van der Waals surface area contributed by atoms with Crippen LogP contribution in [0.5, 0.6) is 5.75 Å². The van der Waals surface area contributed by atoms with E-state index in [1.807, 2.05) is 18.2 Å². The van der Waals surface area contributed by atoms with Crippen molar-refractivity contribution >= 4 is 11.6 Å². The van der Waals surface area contributed by atoms with Gasteiger partial charge in [0.2, 0.25) is 0 Å². The van der Waals surface area contributed by atoms with Gasteiger partial charge >= 0.3 is 0 Å². The lowest BCUT2D eigenvalue weighted by molar-refractivity contribution is 0.370. The van der Waals surface area contributed by atoms with Gasteiger partial charge in [-0.25, -0.2) is 0 Å². The third-order valence-electron chi connectivity index (χ3n) is 2.63. The summed E-state index contributed by atoms with van der Waals surface area (Å²) in [4.78, 5) is 0. The first-order valence-corrected chi connectivity index (χ1v) is 6.62. The molecule has 0 aliphatic carbocycles. The van der Waals surface area contributed by atoms with Gasteiger partial charge in [0.25, 0.3) is 0 Å². The molecule has 0 radical (unpaired) electrons. The summed E-state index contributed by atoms with van der Waals surface area (Å²) in [5.41, 5.74) is 1.17. The van der Waals surface area contributed by atoms with Crippen molar-refractivity contribution < 1.29 is 4.74 Å². The molecule has 2 nitrogen and oxygen atoms in total. The lowest BCUT2D eigenvalue weighted by Gasteiger charge is -2.15. The van der Waals surface area contributed by atoms with Crippen molar-refractivity contribution in [3.05, 3.63) is 28.8 Å². The topological polar surface area (TPSA) is 21.3 Å². The van der Waals surface area contributed by atoms with E-state index in [0.717, 1.165) is 13.0 Å². The van der Waals surface area contributed by atoms with E-state index in [4.69, 9.17) is 16.3 Å². The second-order valence-corrected chi connectivity index (χ2v) is 4.49. The van der Waals surface area contributed by atoms with Gasteiger partial charge in [0.1, 0.15) is 12.4 Å². The molecule has 1 rings (SSSR count). The lowest BCUT2D eigenvalue weighted by Crippen LogP contribution is -2.19. The van der Waals surface area contributed by atoms with Gasteiger partial charge in [0.15, 0.2) is 0 Å². The van der Waals surface area contributed by atoms with Gasteiger partial charge in [0, 0.05) is 6.04 Å². The van der Waals surface area contributed by atoms with Gasteiger partial charge in [-0.2, -0.15) is 0 Å². The Morgan fingerprint density at radius 3 is 2.83 bits per heavy atom. The molecule has 0 amide bonds. The Hall–Kier alpha value is -1.17. The number of benzene rings is 1. The molecule has 0 saturated carbocycles. The fourth-order valence-electron chi connectivity index (χ4n) is 1.57. The molecule has 0 saturated heterocycles. The standard InChI is InChI=1S/C15H20ClNO/c1-4-6-10-18-15-8-7-13(11-14(15)16)12(3)17-9-5-2/h7-8,11-12,17H,5,9-10H2,1-3H3. The van der Waals surface area contributed by atoms with Crippen LogP contribution < -0.4 is 10.1 Å². The number of rotatable bonds is 6. The molecule has 0 heterocycles. The van der Waals surface area contributed by atoms with Crippen molar-refractivity contribution in [3.8, 4) is 17.6 Å². The maximum absolute atomic E-state index is 6.19. The normalized spacial score (nSPS) is 11.6. The summed E-state index contributed by atoms with van der Waals surface area (Å²) >= 11 is 6.19. The van der Waals surface area contributed by atoms with Crippen LogP contribution in [0.2, 0.25) is 5.02 Å². The van der Waals surface area contributed by atoms with E-state index in [-0.39, 0.29) is 0 Å². The van der Waals surface area contributed by atoms with Crippen LogP contribution in [0.15, 0.2) is 18.2 Å². The molecule has 0 aromatic heterocycles. The molecular formula is C15H20ClNO. The van der Waals surface area contributed by atoms with E-state index in [1.54, 1.807) is 6.92 Å². The summed E-state index contributed by atoms with van der Waals surface area (Å²) in [6.45, 7) is 7.44. The molecule has 1 aromatic rings. The molecule has 0 bridgehead atoms. The van der Waals surface area contributed by atoms with Crippen molar-refractivity contribution in [1.82, 2.24) is 5.32 Å². The Morgan fingerprint density at radius 2 is 2.22 bits per heavy atom. The molecule has 1 atom stereocenters. The number of hydrogen-bond acceptors (Lipinski definition) is 2. The molecule has 0 spiro atoms. The molecule has 0 fully saturated rings. The van der Waals surface area contributed by atoms with Crippen LogP contribution in [-0.4, -0.2) is 13.2 Å². The zero-order valence-electron chi connectivity index (χ0n) is 11.2. The summed E-state index contributed by atoms with van der Waals surface area (Å²) in [7, 11) is 0. The minimum Gasteiger partial charge on any atom is -0.479 e. The Labute approximate surface area is 115 Å². The molecule has 1 N–H and O–H groups in total. The van der Waals surface area contributed by atoms with E-state index in [9.17, 15) is 0 Å². The summed E-state index contributed by atoms with van der Waals surface area (Å²) in [6.07, 6.45) is 1.12. The molecule has 98 valence electrons. The second-order valence-electron chi connectivity index (χ2n) is 4.08. The quantitative estimate of drug-likeness (QED) is 0.790. The zero-order chi connectivity index (χ0) is 13.4. The first-order valence-electron chi connectivity index (χ1n) is 6.24. The van der Waals surface area contributed by atoms with Gasteiger partial charge < -0.3 is 10.1 Å². The highest BCUT2D eigenvalue weighted by molar-refractivity contribution is 6.32. The summed E-state index contributed by atoms with van der Waals surface area (Å²) in [5, 5.41) is 4.06. The summed E-state index contributed by atoms with van der Waals surface area (Å²) < 4.78 is 5.47. The van der Waals surface area contributed by atoms with E-state index in [0.29, 0.717) is 23.4 Å². The first-order chi connectivity index (χ1) is 8.69. The maximum Gasteiger partial charge on any atom is 0.149 e. The van der Waals surface area contributed by atoms with E-state index in [1.165, 1.54) is 5.56 Å². The highest BCUT2D eigenvalue weighted by atomic mass is 35.5. The van der Waals surface area contributed by atoms with Crippen LogP contribution in [0.1, 0.15) is 38.8 Å². The number of halogens is 1. The van der Waals surface area contributed by atoms with Gasteiger partial charge in [-0.05, 0) is 44.5 Å². The molecule has 0 aliphatic rings. The minimum absolute atomic E-state index is 0.298. The molecule has 3 heteroatoms. The number of nitrogens with one attached hydrogen (secondary N) is 1. The molecule has 1 aromatic carbocycles. The molecule has 1 unspecified atom stereocenters. The number of hydrogen-bond donors (Lipinski definition) is 1. The summed E-state index contributed by atoms with van der Waals surface area (Å²) in [6, 6.07) is 6.18. The fourth-order valence-corrected chi connectivity index (χ4v) is 1.81. The Morgan fingerprint density at radius 1 is 1.44 bits per heavy atom. The zero-order valence-corrected chi connectivity index (χ0v) is 12.0. The smallest absolute Gasteiger partial charge is 0.149 e. The van der Waals surface area contributed by atoms with Crippen molar-refractivity contribution in [2.45, 2.75) is 33.2 Å². The van der Waals surface area contributed by atoms with Crippen molar-refractivity contribution in [3.63, 3.8) is 0 Å². The van der Waals surface area contributed by atoms with Crippen LogP contribution in [0, 0.1) is 11.8 Å². The SMILES string of the molecule is CC#CCOc1ccc(C(C)NCCC)cc1Cl. The largest absolute Gasteiger partial charge is 0.479 e. The summed E-state index contributed by atoms with van der Waals surface area (Å²) in [5.74, 6) is 6.31. The average molecular weight is 266 g/mol. The van der Waals surface area contributed by atoms with Crippen LogP contribution in [0.25, 0.3) is 0 Å². The van der Waals surface area contributed by atoms with E-state index in [2.05, 4.69) is 31.0 Å². The highest BCUT2D eigenvalue weighted by Gasteiger charge is 2.08. The van der Waals surface area contributed by atoms with E-state index >= 15 is 0 Å². The Balaban J connectivity index is 2.68. The van der Waals surface area contributed by atoms with Crippen LogP contribution in [-0.2, 0) is 0 Å². The lowest BCUT2D eigenvalue weighted by atomic mass is 10.1. The Bertz CT molecular complexity index is 434. The number of ether oxygens (including phenoxy) is 1. The Kier molecular flexibility index (Phi) is 6.64. The van der Waals surface area contributed by atoms with Gasteiger partial charge in [-0.1, -0.05) is 30.5 Å². The highest BCUT2D eigenvalue weighted by Crippen LogP contribution is 2.27. The predicted molar refractivity (Wildman–Crippen MR) is 77.1 cm³/mol. The first kappa shape index (κ1) is 14.9. The third-order valence-corrected chi connectivity index (χ3v) is 2.93.